The lowest BCUT2D eigenvalue weighted by molar-refractivity contribution is -0.149. The Morgan fingerprint density at radius 1 is 1.48 bits per heavy atom. The standard InChI is InChI=1S/C13H18F3N3OS/c1-9-7-21-11(18-9)6-17-12(20)10-2-4-19(5-3-10)8-13(14,15)16/h7,10H,2-6,8H2,1H3,(H,17,20). The average Bonchev–Trinajstić information content (AvgIpc) is 2.81. The number of aryl methyl sites for hydroxylation is 1. The van der Waals surface area contributed by atoms with Crippen LogP contribution in [0.2, 0.25) is 0 Å². The molecule has 0 bridgehead atoms. The summed E-state index contributed by atoms with van der Waals surface area (Å²) >= 11 is 1.49. The van der Waals surface area contributed by atoms with Crippen LogP contribution in [0.4, 0.5) is 13.2 Å². The van der Waals surface area contributed by atoms with Gasteiger partial charge in [-0.25, -0.2) is 4.98 Å². The van der Waals surface area contributed by atoms with E-state index in [4.69, 9.17) is 0 Å². The number of hydrogen-bond acceptors (Lipinski definition) is 4. The van der Waals surface area contributed by atoms with Gasteiger partial charge in [-0.3, -0.25) is 9.69 Å². The molecule has 0 aromatic carbocycles. The summed E-state index contributed by atoms with van der Waals surface area (Å²) < 4.78 is 36.8. The SMILES string of the molecule is Cc1csc(CNC(=O)C2CCN(CC(F)(F)F)CC2)n1. The van der Waals surface area contributed by atoms with Gasteiger partial charge in [-0.05, 0) is 32.9 Å². The molecule has 1 aliphatic heterocycles. The van der Waals surface area contributed by atoms with Crippen LogP contribution in [0.1, 0.15) is 23.5 Å². The molecule has 1 amide bonds. The lowest BCUT2D eigenvalue weighted by Gasteiger charge is -2.31. The number of thiazole rings is 1. The highest BCUT2D eigenvalue weighted by Crippen LogP contribution is 2.22. The van der Waals surface area contributed by atoms with Gasteiger partial charge in [0.25, 0.3) is 0 Å². The van der Waals surface area contributed by atoms with Crippen molar-refractivity contribution < 1.29 is 18.0 Å². The van der Waals surface area contributed by atoms with Crippen LogP contribution in [0.15, 0.2) is 5.38 Å². The molecule has 0 aliphatic carbocycles. The third kappa shape index (κ3) is 5.28. The number of halogens is 3. The topological polar surface area (TPSA) is 45.2 Å². The van der Waals surface area contributed by atoms with Crippen LogP contribution in [-0.2, 0) is 11.3 Å². The van der Waals surface area contributed by atoms with E-state index in [9.17, 15) is 18.0 Å². The van der Waals surface area contributed by atoms with Gasteiger partial charge in [-0.1, -0.05) is 0 Å². The van der Waals surface area contributed by atoms with E-state index in [0.717, 1.165) is 10.7 Å². The number of rotatable bonds is 4. The third-order valence-corrected chi connectivity index (χ3v) is 4.41. The van der Waals surface area contributed by atoms with Crippen LogP contribution < -0.4 is 5.32 Å². The molecule has 8 heteroatoms. The highest BCUT2D eigenvalue weighted by atomic mass is 32.1. The van der Waals surface area contributed by atoms with E-state index in [1.165, 1.54) is 16.2 Å². The highest BCUT2D eigenvalue weighted by molar-refractivity contribution is 7.09. The van der Waals surface area contributed by atoms with Crippen LogP contribution in [0.3, 0.4) is 0 Å². The van der Waals surface area contributed by atoms with E-state index in [1.54, 1.807) is 0 Å². The minimum absolute atomic E-state index is 0.0884. The summed E-state index contributed by atoms with van der Waals surface area (Å²) in [5, 5.41) is 5.57. The van der Waals surface area contributed by atoms with E-state index < -0.39 is 12.7 Å². The molecular weight excluding hydrogens is 303 g/mol. The zero-order chi connectivity index (χ0) is 15.5. The Hall–Kier alpha value is -1.15. The number of carbonyl (C=O) groups is 1. The molecule has 2 rings (SSSR count). The van der Waals surface area contributed by atoms with E-state index in [1.807, 2.05) is 12.3 Å². The summed E-state index contributed by atoms with van der Waals surface area (Å²) in [5.41, 5.74) is 0.921. The second kappa shape index (κ2) is 6.74. The maximum atomic E-state index is 12.3. The van der Waals surface area contributed by atoms with Gasteiger partial charge in [0.2, 0.25) is 5.91 Å². The molecule has 1 aliphatic rings. The molecule has 1 aromatic heterocycles. The van der Waals surface area contributed by atoms with Crippen molar-refractivity contribution in [3.63, 3.8) is 0 Å². The monoisotopic (exact) mass is 321 g/mol. The van der Waals surface area contributed by atoms with Gasteiger partial charge in [-0.2, -0.15) is 13.2 Å². The van der Waals surface area contributed by atoms with Gasteiger partial charge in [0, 0.05) is 17.0 Å². The molecule has 0 radical (unpaired) electrons. The van der Waals surface area contributed by atoms with Gasteiger partial charge in [0.05, 0.1) is 13.1 Å². The first-order chi connectivity index (χ1) is 9.83. The second-order valence-corrected chi connectivity index (χ2v) is 6.21. The smallest absolute Gasteiger partial charge is 0.349 e. The maximum Gasteiger partial charge on any atom is 0.401 e. The molecule has 1 saturated heterocycles. The van der Waals surface area contributed by atoms with Gasteiger partial charge < -0.3 is 5.32 Å². The fraction of sp³-hybridized carbons (Fsp3) is 0.692. The van der Waals surface area contributed by atoms with Crippen LogP contribution >= 0.6 is 11.3 Å². The molecular formula is C13H18F3N3OS. The number of nitrogens with zero attached hydrogens (tertiary/aromatic N) is 2. The number of likely N-dealkylation sites (tertiary alicyclic amines) is 1. The normalized spacial score (nSPS) is 17.9. The van der Waals surface area contributed by atoms with E-state index in [0.29, 0.717) is 32.5 Å². The summed E-state index contributed by atoms with van der Waals surface area (Å²) in [6.07, 6.45) is -3.23. The van der Waals surface area contributed by atoms with Gasteiger partial charge >= 0.3 is 6.18 Å². The molecule has 1 N–H and O–H groups in total. The Morgan fingerprint density at radius 2 is 2.14 bits per heavy atom. The second-order valence-electron chi connectivity index (χ2n) is 5.27. The number of amides is 1. The number of alkyl halides is 3. The number of piperidine rings is 1. The number of aromatic nitrogens is 1. The first kappa shape index (κ1) is 16.2. The Morgan fingerprint density at radius 3 is 2.67 bits per heavy atom. The number of carbonyl (C=O) groups excluding carboxylic acids is 1. The number of nitrogens with one attached hydrogen (secondary N) is 1. The molecule has 2 heterocycles. The Kier molecular flexibility index (Phi) is 5.21. The Balaban J connectivity index is 1.73. The quantitative estimate of drug-likeness (QED) is 0.926. The summed E-state index contributed by atoms with van der Waals surface area (Å²) in [4.78, 5) is 17.6. The van der Waals surface area contributed by atoms with Gasteiger partial charge in [0.1, 0.15) is 5.01 Å². The number of hydrogen-bond donors (Lipinski definition) is 1. The molecule has 0 saturated carbocycles. The summed E-state index contributed by atoms with van der Waals surface area (Å²) in [6, 6.07) is 0. The van der Waals surface area contributed by atoms with Crippen LogP contribution in [0.5, 0.6) is 0 Å². The summed E-state index contributed by atoms with van der Waals surface area (Å²) in [7, 11) is 0. The maximum absolute atomic E-state index is 12.3. The van der Waals surface area contributed by atoms with Crippen molar-refractivity contribution in [2.45, 2.75) is 32.5 Å². The zero-order valence-corrected chi connectivity index (χ0v) is 12.6. The molecule has 1 fully saturated rings. The summed E-state index contributed by atoms with van der Waals surface area (Å²) in [5.74, 6) is -0.287. The van der Waals surface area contributed by atoms with Crippen molar-refractivity contribution in [2.24, 2.45) is 5.92 Å². The van der Waals surface area contributed by atoms with Crippen LogP contribution in [0.25, 0.3) is 0 Å². The van der Waals surface area contributed by atoms with Crippen molar-refractivity contribution in [1.82, 2.24) is 15.2 Å². The van der Waals surface area contributed by atoms with Crippen molar-refractivity contribution in [2.75, 3.05) is 19.6 Å². The Bertz CT molecular complexity index is 481. The largest absolute Gasteiger partial charge is 0.401 e. The van der Waals surface area contributed by atoms with Crippen molar-refractivity contribution in [1.29, 1.82) is 0 Å². The van der Waals surface area contributed by atoms with Crippen molar-refractivity contribution >= 4 is 17.2 Å². The van der Waals surface area contributed by atoms with Crippen LogP contribution in [-0.4, -0.2) is 41.6 Å². The predicted octanol–water partition coefficient (Wildman–Crippen LogP) is 2.34. The molecule has 0 atom stereocenters. The lowest BCUT2D eigenvalue weighted by atomic mass is 9.96. The lowest BCUT2D eigenvalue weighted by Crippen LogP contribution is -2.43. The minimum atomic E-state index is -4.17. The van der Waals surface area contributed by atoms with E-state index in [-0.39, 0.29) is 11.8 Å². The van der Waals surface area contributed by atoms with Gasteiger partial charge in [0.15, 0.2) is 0 Å². The minimum Gasteiger partial charge on any atom is -0.349 e. The third-order valence-electron chi connectivity index (χ3n) is 3.44. The molecule has 1 aromatic rings. The molecule has 0 unspecified atom stereocenters. The molecule has 21 heavy (non-hydrogen) atoms. The first-order valence-corrected chi connectivity index (χ1v) is 7.69. The van der Waals surface area contributed by atoms with E-state index >= 15 is 0 Å². The van der Waals surface area contributed by atoms with E-state index in [2.05, 4.69) is 10.3 Å². The highest BCUT2D eigenvalue weighted by Gasteiger charge is 2.33. The molecule has 0 spiro atoms. The fourth-order valence-corrected chi connectivity index (χ4v) is 3.11. The first-order valence-electron chi connectivity index (χ1n) is 6.81. The van der Waals surface area contributed by atoms with Gasteiger partial charge in [-0.15, -0.1) is 11.3 Å². The molecule has 4 nitrogen and oxygen atoms in total. The summed E-state index contributed by atoms with van der Waals surface area (Å²) in [6.45, 7) is 2.01. The Labute approximate surface area is 125 Å². The average molecular weight is 321 g/mol. The van der Waals surface area contributed by atoms with Crippen molar-refractivity contribution in [3.8, 4) is 0 Å². The predicted molar refractivity (Wildman–Crippen MR) is 73.9 cm³/mol. The zero-order valence-electron chi connectivity index (χ0n) is 11.7. The van der Waals surface area contributed by atoms with Crippen LogP contribution in [0, 0.1) is 12.8 Å². The molecule has 118 valence electrons. The fourth-order valence-electron chi connectivity index (χ4n) is 2.40. The van der Waals surface area contributed by atoms with Crippen molar-refractivity contribution in [3.05, 3.63) is 16.1 Å².